The number of hydrogen-bond acceptors (Lipinski definition) is 11. The number of carbonyl (C=O) groups excluding carboxylic acids is 5. The summed E-state index contributed by atoms with van der Waals surface area (Å²) in [6.07, 6.45) is -6.70. The molecule has 1 saturated heterocycles. The van der Waals surface area contributed by atoms with Crippen molar-refractivity contribution in [1.29, 1.82) is 0 Å². The predicted molar refractivity (Wildman–Crippen MR) is 83.7 cm³/mol. The van der Waals surface area contributed by atoms with Crippen LogP contribution in [0, 0.1) is 0 Å². The number of ether oxygens (including phenoxy) is 6. The molecule has 11 heteroatoms. The van der Waals surface area contributed by atoms with Crippen molar-refractivity contribution in [2.24, 2.45) is 0 Å². The van der Waals surface area contributed by atoms with E-state index in [1.54, 1.807) is 0 Å². The summed E-state index contributed by atoms with van der Waals surface area (Å²) >= 11 is 0. The van der Waals surface area contributed by atoms with Crippen molar-refractivity contribution in [3.63, 3.8) is 0 Å². The highest BCUT2D eigenvalue weighted by Gasteiger charge is 2.53. The first-order chi connectivity index (χ1) is 12.5. The van der Waals surface area contributed by atoms with Gasteiger partial charge in [0.2, 0.25) is 12.4 Å². The van der Waals surface area contributed by atoms with Crippen molar-refractivity contribution in [1.82, 2.24) is 0 Å². The van der Waals surface area contributed by atoms with Crippen LogP contribution >= 0.6 is 0 Å². The molecule has 1 aliphatic heterocycles. The number of rotatable bonds is 6. The van der Waals surface area contributed by atoms with E-state index in [1.807, 2.05) is 0 Å². The standard InChI is InChI=1S/C16H22O11/c1-7(17)22-6-12-13(23-8(2)18)14(24-9(3)19)15(25-10(4)20)16(27-12)26-11(5)21/h12-16H,6H2,1-5H3/t12-,13-,14+,15-,16?/m1/s1. The van der Waals surface area contributed by atoms with Gasteiger partial charge in [-0.3, -0.25) is 24.0 Å². The third-order valence-electron chi connectivity index (χ3n) is 3.23. The Morgan fingerprint density at radius 3 is 1.52 bits per heavy atom. The number of hydrogen-bond donors (Lipinski definition) is 0. The number of esters is 5. The molecule has 5 atom stereocenters. The zero-order chi connectivity index (χ0) is 20.7. The molecule has 152 valence electrons. The summed E-state index contributed by atoms with van der Waals surface area (Å²) in [5.41, 5.74) is 0. The summed E-state index contributed by atoms with van der Waals surface area (Å²) < 4.78 is 30.8. The third kappa shape index (κ3) is 7.21. The SMILES string of the molecule is CC(=O)OC[C@H]1OC(OC(C)=O)[C@H](OC(C)=O)[C@@H](OC(C)=O)[C@@H]1OC(C)=O. The van der Waals surface area contributed by atoms with Crippen LogP contribution in [0.4, 0.5) is 0 Å². The Bertz CT molecular complexity index is 599. The Morgan fingerprint density at radius 2 is 1.07 bits per heavy atom. The van der Waals surface area contributed by atoms with Crippen LogP contribution in [0.25, 0.3) is 0 Å². The van der Waals surface area contributed by atoms with E-state index < -0.39 is 67.2 Å². The second kappa shape index (κ2) is 9.86. The van der Waals surface area contributed by atoms with Gasteiger partial charge in [0, 0.05) is 34.6 Å². The molecule has 0 N–H and O–H groups in total. The molecule has 1 rings (SSSR count). The van der Waals surface area contributed by atoms with Gasteiger partial charge in [-0.2, -0.15) is 0 Å². The Kier molecular flexibility index (Phi) is 8.16. The van der Waals surface area contributed by atoms with Crippen LogP contribution in [0.5, 0.6) is 0 Å². The maximum absolute atomic E-state index is 11.5. The van der Waals surface area contributed by atoms with Crippen LogP contribution in [0.1, 0.15) is 34.6 Å². The molecule has 0 aromatic rings. The highest BCUT2D eigenvalue weighted by atomic mass is 16.7. The average molecular weight is 390 g/mol. The van der Waals surface area contributed by atoms with E-state index in [1.165, 1.54) is 0 Å². The summed E-state index contributed by atoms with van der Waals surface area (Å²) in [4.78, 5) is 57.0. The summed E-state index contributed by atoms with van der Waals surface area (Å²) in [5.74, 6) is -3.71. The van der Waals surface area contributed by atoms with Crippen molar-refractivity contribution in [3.05, 3.63) is 0 Å². The van der Waals surface area contributed by atoms with Gasteiger partial charge in [-0.25, -0.2) is 0 Å². The van der Waals surface area contributed by atoms with Crippen LogP contribution in [0.2, 0.25) is 0 Å². The zero-order valence-electron chi connectivity index (χ0n) is 15.6. The highest BCUT2D eigenvalue weighted by Crippen LogP contribution is 2.29. The molecule has 0 aromatic carbocycles. The maximum atomic E-state index is 11.5. The molecule has 0 saturated carbocycles. The van der Waals surface area contributed by atoms with Crippen LogP contribution in [-0.4, -0.2) is 67.2 Å². The van der Waals surface area contributed by atoms with Crippen molar-refractivity contribution in [2.75, 3.05) is 6.61 Å². The van der Waals surface area contributed by atoms with Crippen LogP contribution < -0.4 is 0 Å². The van der Waals surface area contributed by atoms with Crippen LogP contribution in [0.3, 0.4) is 0 Å². The average Bonchev–Trinajstić information content (AvgIpc) is 2.49. The monoisotopic (exact) mass is 390 g/mol. The van der Waals surface area contributed by atoms with E-state index in [-0.39, 0.29) is 0 Å². The minimum absolute atomic E-state index is 0.393. The predicted octanol–water partition coefficient (Wildman–Crippen LogP) is -0.367. The molecule has 11 nitrogen and oxygen atoms in total. The molecule has 1 unspecified atom stereocenters. The fraction of sp³-hybridized carbons (Fsp3) is 0.688. The van der Waals surface area contributed by atoms with Gasteiger partial charge < -0.3 is 28.4 Å². The third-order valence-corrected chi connectivity index (χ3v) is 3.23. The Labute approximate surface area is 155 Å². The van der Waals surface area contributed by atoms with E-state index in [4.69, 9.17) is 28.4 Å². The van der Waals surface area contributed by atoms with Crippen molar-refractivity contribution in [3.8, 4) is 0 Å². The lowest BCUT2D eigenvalue weighted by Gasteiger charge is -2.43. The van der Waals surface area contributed by atoms with Gasteiger partial charge in [0.25, 0.3) is 0 Å². The molecule has 0 radical (unpaired) electrons. The number of carbonyl (C=O) groups is 5. The van der Waals surface area contributed by atoms with E-state index in [2.05, 4.69) is 0 Å². The quantitative estimate of drug-likeness (QED) is 0.433. The van der Waals surface area contributed by atoms with Gasteiger partial charge in [-0.05, 0) is 0 Å². The molecule has 1 aliphatic rings. The van der Waals surface area contributed by atoms with Crippen molar-refractivity contribution in [2.45, 2.75) is 65.3 Å². The summed E-state index contributed by atoms with van der Waals surface area (Å²) in [6, 6.07) is 0. The van der Waals surface area contributed by atoms with E-state index in [0.29, 0.717) is 0 Å². The molecule has 0 aromatic heterocycles. The fourth-order valence-electron chi connectivity index (χ4n) is 2.45. The summed E-state index contributed by atoms with van der Waals surface area (Å²) in [6.45, 7) is 5.13. The first-order valence-electron chi connectivity index (χ1n) is 7.99. The van der Waals surface area contributed by atoms with Gasteiger partial charge in [-0.15, -0.1) is 0 Å². The lowest BCUT2D eigenvalue weighted by Crippen LogP contribution is -2.63. The molecule has 1 fully saturated rings. The molecule has 27 heavy (non-hydrogen) atoms. The van der Waals surface area contributed by atoms with Crippen molar-refractivity contribution < 1.29 is 52.4 Å². The van der Waals surface area contributed by atoms with Gasteiger partial charge >= 0.3 is 29.8 Å². The second-order valence-corrected chi connectivity index (χ2v) is 5.68. The molecular formula is C16H22O11. The van der Waals surface area contributed by atoms with Gasteiger partial charge in [-0.1, -0.05) is 0 Å². The molecule has 1 heterocycles. The summed E-state index contributed by atoms with van der Waals surface area (Å²) in [7, 11) is 0. The highest BCUT2D eigenvalue weighted by molar-refractivity contribution is 5.69. The first kappa shape index (κ1) is 22.4. The van der Waals surface area contributed by atoms with Gasteiger partial charge in [0.05, 0.1) is 0 Å². The molecule has 0 spiro atoms. The van der Waals surface area contributed by atoms with E-state index in [0.717, 1.165) is 34.6 Å². The fourth-order valence-corrected chi connectivity index (χ4v) is 2.45. The normalized spacial score (nSPS) is 27.1. The van der Waals surface area contributed by atoms with Crippen LogP contribution in [0.15, 0.2) is 0 Å². The lowest BCUT2D eigenvalue weighted by molar-refractivity contribution is -0.300. The minimum atomic E-state index is -1.48. The van der Waals surface area contributed by atoms with Crippen molar-refractivity contribution >= 4 is 29.8 Å². The molecule has 0 bridgehead atoms. The zero-order valence-corrected chi connectivity index (χ0v) is 15.6. The topological polar surface area (TPSA) is 141 Å². The minimum Gasteiger partial charge on any atom is -0.463 e. The Morgan fingerprint density at radius 1 is 0.630 bits per heavy atom. The maximum Gasteiger partial charge on any atom is 0.305 e. The Hall–Kier alpha value is -2.69. The van der Waals surface area contributed by atoms with Gasteiger partial charge in [0.1, 0.15) is 12.7 Å². The van der Waals surface area contributed by atoms with Crippen LogP contribution in [-0.2, 0) is 52.4 Å². The van der Waals surface area contributed by atoms with E-state index >= 15 is 0 Å². The smallest absolute Gasteiger partial charge is 0.305 e. The summed E-state index contributed by atoms with van der Waals surface area (Å²) in [5, 5.41) is 0. The second-order valence-electron chi connectivity index (χ2n) is 5.68. The Balaban J connectivity index is 3.29. The molecular weight excluding hydrogens is 368 g/mol. The van der Waals surface area contributed by atoms with Gasteiger partial charge in [0.15, 0.2) is 12.2 Å². The molecule has 0 aliphatic carbocycles. The molecule has 0 amide bonds. The first-order valence-corrected chi connectivity index (χ1v) is 7.99. The largest absolute Gasteiger partial charge is 0.463 e. The lowest BCUT2D eigenvalue weighted by atomic mass is 9.98. The van der Waals surface area contributed by atoms with E-state index in [9.17, 15) is 24.0 Å².